The van der Waals surface area contributed by atoms with Gasteiger partial charge in [-0.1, -0.05) is 63.1 Å². The molecule has 5 heteroatoms. The molecule has 3 aromatic rings. The van der Waals surface area contributed by atoms with Crippen LogP contribution < -0.4 is 4.74 Å². The summed E-state index contributed by atoms with van der Waals surface area (Å²) in [5, 5.41) is 9.23. The first-order valence-corrected chi connectivity index (χ1v) is 11.1. The van der Waals surface area contributed by atoms with E-state index < -0.39 is 11.4 Å². The zero-order valence-electron chi connectivity index (χ0n) is 19.0. The molecule has 0 amide bonds. The van der Waals surface area contributed by atoms with Crippen molar-refractivity contribution in [3.05, 3.63) is 66.5 Å². The molecule has 2 aromatic carbocycles. The molecular formula is C27H29N3O2. The van der Waals surface area contributed by atoms with Crippen LogP contribution >= 0.6 is 0 Å². The molecule has 0 N–H and O–H groups in total. The van der Waals surface area contributed by atoms with Crippen LogP contribution in [0.15, 0.2) is 60.9 Å². The topological polar surface area (TPSA) is 75.9 Å². The second-order valence-corrected chi connectivity index (χ2v) is 8.16. The summed E-state index contributed by atoms with van der Waals surface area (Å²) in [6, 6.07) is 17.4. The van der Waals surface area contributed by atoms with Gasteiger partial charge in [0, 0.05) is 18.0 Å². The predicted octanol–water partition coefficient (Wildman–Crippen LogP) is 6.39. The summed E-state index contributed by atoms with van der Waals surface area (Å²) in [6.45, 7) is 5.59. The highest BCUT2D eigenvalue weighted by Crippen LogP contribution is 2.27. The van der Waals surface area contributed by atoms with Crippen LogP contribution in [-0.4, -0.2) is 15.9 Å². The lowest BCUT2D eigenvalue weighted by Crippen LogP contribution is -2.29. The van der Waals surface area contributed by atoms with E-state index in [1.807, 2.05) is 54.9 Å². The van der Waals surface area contributed by atoms with Crippen molar-refractivity contribution in [1.82, 2.24) is 9.97 Å². The van der Waals surface area contributed by atoms with Crippen LogP contribution in [0.2, 0.25) is 0 Å². The third-order valence-corrected chi connectivity index (χ3v) is 5.72. The molecule has 0 spiro atoms. The van der Waals surface area contributed by atoms with E-state index in [0.717, 1.165) is 28.9 Å². The number of carbonyl (C=O) groups is 1. The number of aryl methyl sites for hydroxylation is 1. The Morgan fingerprint density at radius 1 is 0.938 bits per heavy atom. The number of unbranched alkanes of at least 4 members (excludes halogenated alkanes) is 2. The number of benzene rings is 2. The summed E-state index contributed by atoms with van der Waals surface area (Å²) in [6.07, 6.45) is 8.86. The minimum absolute atomic E-state index is 0.401. The van der Waals surface area contributed by atoms with Crippen molar-refractivity contribution in [3.8, 4) is 34.3 Å². The molecule has 0 saturated carbocycles. The number of carbonyl (C=O) groups excluding carboxylic acids is 1. The van der Waals surface area contributed by atoms with Gasteiger partial charge in [0.1, 0.15) is 5.75 Å². The molecule has 1 unspecified atom stereocenters. The largest absolute Gasteiger partial charge is 0.425 e. The minimum atomic E-state index is -1.13. The highest BCUT2D eigenvalue weighted by molar-refractivity contribution is 5.81. The lowest BCUT2D eigenvalue weighted by molar-refractivity contribution is -0.141. The van der Waals surface area contributed by atoms with Gasteiger partial charge >= 0.3 is 5.97 Å². The third kappa shape index (κ3) is 5.59. The standard InChI is InChI=1S/C27H29N3O2/c1-4-6-7-8-20-17-29-25(30-18-20)23-11-9-21(10-12-23)22-13-15-24(16-14-22)32-26(31)27(3,5-2)19-28/h9-18H,4-8H2,1-3H3. The second kappa shape index (κ2) is 10.7. The fourth-order valence-corrected chi connectivity index (χ4v) is 3.23. The van der Waals surface area contributed by atoms with E-state index in [2.05, 4.69) is 16.9 Å². The highest BCUT2D eigenvalue weighted by Gasteiger charge is 2.33. The molecule has 0 aliphatic carbocycles. The summed E-state index contributed by atoms with van der Waals surface area (Å²) in [5.41, 5.74) is 3.05. The Morgan fingerprint density at radius 2 is 1.50 bits per heavy atom. The van der Waals surface area contributed by atoms with Crippen LogP contribution in [0.3, 0.4) is 0 Å². The Labute approximate surface area is 190 Å². The van der Waals surface area contributed by atoms with Gasteiger partial charge in [0.15, 0.2) is 11.2 Å². The number of nitriles is 1. The van der Waals surface area contributed by atoms with E-state index >= 15 is 0 Å². The maximum atomic E-state index is 12.3. The van der Waals surface area contributed by atoms with Gasteiger partial charge in [-0.25, -0.2) is 14.8 Å². The van der Waals surface area contributed by atoms with Crippen LogP contribution in [0.25, 0.3) is 22.5 Å². The van der Waals surface area contributed by atoms with Gasteiger partial charge in [-0.3, -0.25) is 0 Å². The first kappa shape index (κ1) is 23.1. The molecule has 0 saturated heterocycles. The zero-order valence-corrected chi connectivity index (χ0v) is 19.0. The molecule has 0 aliphatic rings. The van der Waals surface area contributed by atoms with E-state index in [9.17, 15) is 10.1 Å². The van der Waals surface area contributed by atoms with Crippen LogP contribution in [0.4, 0.5) is 0 Å². The Balaban J connectivity index is 1.66. The Morgan fingerprint density at radius 3 is 2.03 bits per heavy atom. The summed E-state index contributed by atoms with van der Waals surface area (Å²) in [4.78, 5) is 21.3. The average molecular weight is 428 g/mol. The molecular weight excluding hydrogens is 398 g/mol. The minimum Gasteiger partial charge on any atom is -0.425 e. The summed E-state index contributed by atoms with van der Waals surface area (Å²) in [7, 11) is 0. The second-order valence-electron chi connectivity index (χ2n) is 8.16. The van der Waals surface area contributed by atoms with Gasteiger partial charge in [0.05, 0.1) is 6.07 Å². The molecule has 32 heavy (non-hydrogen) atoms. The summed E-state index contributed by atoms with van der Waals surface area (Å²) < 4.78 is 5.39. The third-order valence-electron chi connectivity index (χ3n) is 5.72. The van der Waals surface area contributed by atoms with Crippen molar-refractivity contribution in [2.45, 2.75) is 52.9 Å². The number of ether oxygens (including phenoxy) is 1. The van der Waals surface area contributed by atoms with Gasteiger partial charge < -0.3 is 4.74 Å². The van der Waals surface area contributed by atoms with E-state index in [1.54, 1.807) is 26.0 Å². The van der Waals surface area contributed by atoms with Crippen molar-refractivity contribution >= 4 is 5.97 Å². The van der Waals surface area contributed by atoms with Crippen molar-refractivity contribution < 1.29 is 9.53 Å². The fourth-order valence-electron chi connectivity index (χ4n) is 3.23. The Bertz CT molecular complexity index is 1070. The molecule has 1 heterocycles. The fraction of sp³-hybridized carbons (Fsp3) is 0.333. The molecule has 164 valence electrons. The van der Waals surface area contributed by atoms with E-state index in [-0.39, 0.29) is 0 Å². The van der Waals surface area contributed by atoms with Gasteiger partial charge in [0.2, 0.25) is 0 Å². The van der Waals surface area contributed by atoms with E-state index in [1.165, 1.54) is 24.8 Å². The first-order chi connectivity index (χ1) is 15.5. The predicted molar refractivity (Wildman–Crippen MR) is 126 cm³/mol. The van der Waals surface area contributed by atoms with Crippen LogP contribution in [0.5, 0.6) is 5.75 Å². The number of nitrogens with zero attached hydrogens (tertiary/aromatic N) is 3. The molecule has 1 atom stereocenters. The Kier molecular flexibility index (Phi) is 7.72. The number of rotatable bonds is 9. The number of hydrogen-bond donors (Lipinski definition) is 0. The summed E-state index contributed by atoms with van der Waals surface area (Å²) in [5.74, 6) is 0.614. The van der Waals surface area contributed by atoms with E-state index in [4.69, 9.17) is 4.74 Å². The summed E-state index contributed by atoms with van der Waals surface area (Å²) >= 11 is 0. The maximum Gasteiger partial charge on any atom is 0.331 e. The van der Waals surface area contributed by atoms with Crippen LogP contribution in [0, 0.1) is 16.7 Å². The number of esters is 1. The smallest absolute Gasteiger partial charge is 0.331 e. The lowest BCUT2D eigenvalue weighted by Gasteiger charge is -2.17. The molecule has 1 aromatic heterocycles. The van der Waals surface area contributed by atoms with Gasteiger partial charge in [-0.2, -0.15) is 5.26 Å². The SMILES string of the molecule is CCCCCc1cnc(-c2ccc(-c3ccc(OC(=O)C(C)(C#N)CC)cc3)cc2)nc1. The molecule has 0 aliphatic heterocycles. The highest BCUT2D eigenvalue weighted by atomic mass is 16.5. The first-order valence-electron chi connectivity index (χ1n) is 11.1. The van der Waals surface area contributed by atoms with Crippen molar-refractivity contribution in [2.24, 2.45) is 5.41 Å². The number of aromatic nitrogens is 2. The monoisotopic (exact) mass is 427 g/mol. The number of hydrogen-bond acceptors (Lipinski definition) is 5. The molecule has 0 bridgehead atoms. The van der Waals surface area contributed by atoms with Crippen molar-refractivity contribution in [3.63, 3.8) is 0 Å². The lowest BCUT2D eigenvalue weighted by atomic mass is 9.90. The van der Waals surface area contributed by atoms with Gasteiger partial charge in [-0.05, 0) is 55.0 Å². The molecule has 0 radical (unpaired) electrons. The quantitative estimate of drug-likeness (QED) is 0.225. The zero-order chi connectivity index (χ0) is 23.0. The van der Waals surface area contributed by atoms with Crippen LogP contribution in [-0.2, 0) is 11.2 Å². The molecule has 3 rings (SSSR count). The maximum absolute atomic E-state index is 12.3. The normalized spacial score (nSPS) is 12.6. The Hall–Kier alpha value is -3.52. The van der Waals surface area contributed by atoms with Crippen molar-refractivity contribution in [2.75, 3.05) is 0 Å². The van der Waals surface area contributed by atoms with Crippen molar-refractivity contribution in [1.29, 1.82) is 5.26 Å². The average Bonchev–Trinajstić information content (AvgIpc) is 2.84. The molecule has 0 fully saturated rings. The van der Waals surface area contributed by atoms with Crippen LogP contribution in [0.1, 0.15) is 52.0 Å². The molecule has 5 nitrogen and oxygen atoms in total. The van der Waals surface area contributed by atoms with Gasteiger partial charge in [0.25, 0.3) is 0 Å². The van der Waals surface area contributed by atoms with Gasteiger partial charge in [-0.15, -0.1) is 0 Å². The van der Waals surface area contributed by atoms with E-state index in [0.29, 0.717) is 12.2 Å².